The van der Waals surface area contributed by atoms with Crippen LogP contribution in [0, 0.1) is 11.8 Å². The maximum absolute atomic E-state index is 3.80. The highest BCUT2D eigenvalue weighted by Gasteiger charge is 2.21. The summed E-state index contributed by atoms with van der Waals surface area (Å²) in [5.74, 6) is 1.48. The van der Waals surface area contributed by atoms with Gasteiger partial charge < -0.3 is 10.2 Å². The minimum Gasteiger partial charge on any atom is -0.309 e. The molecule has 2 unspecified atom stereocenters. The van der Waals surface area contributed by atoms with Gasteiger partial charge in [-0.3, -0.25) is 0 Å². The monoisotopic (exact) mass is 266 g/mol. The summed E-state index contributed by atoms with van der Waals surface area (Å²) in [4.78, 5) is 3.94. The molecule has 1 fully saturated rings. The van der Waals surface area contributed by atoms with E-state index >= 15 is 0 Å². The molecular weight excluding hydrogens is 240 g/mol. The van der Waals surface area contributed by atoms with E-state index in [0.717, 1.165) is 12.5 Å². The summed E-state index contributed by atoms with van der Waals surface area (Å²) in [7, 11) is 2.24. The zero-order valence-electron chi connectivity index (χ0n) is 11.9. The lowest BCUT2D eigenvalue weighted by Gasteiger charge is -2.31. The van der Waals surface area contributed by atoms with Crippen LogP contribution < -0.4 is 5.32 Å². The van der Waals surface area contributed by atoms with Gasteiger partial charge in [0.05, 0.1) is 0 Å². The number of hydrogen-bond donors (Lipinski definition) is 1. The van der Waals surface area contributed by atoms with Crippen LogP contribution in [0.4, 0.5) is 0 Å². The largest absolute Gasteiger partial charge is 0.309 e. The molecule has 0 radical (unpaired) electrons. The van der Waals surface area contributed by atoms with Crippen LogP contribution in [0.15, 0.2) is 17.5 Å². The topological polar surface area (TPSA) is 15.3 Å². The normalized spacial score (nSPS) is 23.4. The molecule has 1 N–H and O–H groups in total. The first-order valence-electron chi connectivity index (χ1n) is 7.12. The molecule has 2 rings (SSSR count). The minimum absolute atomic E-state index is 0.525. The Balaban J connectivity index is 1.86. The highest BCUT2D eigenvalue weighted by Crippen LogP contribution is 2.26. The molecule has 0 amide bonds. The van der Waals surface area contributed by atoms with E-state index in [1.165, 1.54) is 30.8 Å². The van der Waals surface area contributed by atoms with Gasteiger partial charge >= 0.3 is 0 Å². The first-order valence-corrected chi connectivity index (χ1v) is 8.00. The molecule has 2 nitrogen and oxygen atoms in total. The molecule has 0 bridgehead atoms. The molecule has 2 atom stereocenters. The molecule has 1 saturated heterocycles. The summed E-state index contributed by atoms with van der Waals surface area (Å²) in [6.45, 7) is 8.30. The van der Waals surface area contributed by atoms with Crippen LogP contribution in [-0.2, 0) is 0 Å². The van der Waals surface area contributed by atoms with Gasteiger partial charge in [0, 0.05) is 17.5 Å². The van der Waals surface area contributed by atoms with Crippen molar-refractivity contribution < 1.29 is 0 Å². The van der Waals surface area contributed by atoms with E-state index in [2.05, 4.69) is 48.6 Å². The molecular formula is C15H26N2S. The van der Waals surface area contributed by atoms with E-state index in [-0.39, 0.29) is 0 Å². The molecule has 1 aromatic heterocycles. The summed E-state index contributed by atoms with van der Waals surface area (Å²) in [6, 6.07) is 4.94. The van der Waals surface area contributed by atoms with Crippen molar-refractivity contribution in [3.8, 4) is 0 Å². The van der Waals surface area contributed by atoms with Gasteiger partial charge in [-0.1, -0.05) is 19.9 Å². The van der Waals surface area contributed by atoms with Gasteiger partial charge in [-0.2, -0.15) is 0 Å². The van der Waals surface area contributed by atoms with E-state index in [1.807, 2.05) is 11.3 Å². The van der Waals surface area contributed by atoms with Crippen molar-refractivity contribution in [2.45, 2.75) is 32.7 Å². The van der Waals surface area contributed by atoms with Crippen LogP contribution in [-0.4, -0.2) is 31.6 Å². The second kappa shape index (κ2) is 6.69. The Bertz CT molecular complexity index is 334. The fourth-order valence-electron chi connectivity index (χ4n) is 2.87. The summed E-state index contributed by atoms with van der Waals surface area (Å²) in [5, 5.41) is 5.98. The first-order chi connectivity index (χ1) is 8.66. The van der Waals surface area contributed by atoms with Gasteiger partial charge in [-0.15, -0.1) is 11.3 Å². The highest BCUT2D eigenvalue weighted by atomic mass is 32.1. The van der Waals surface area contributed by atoms with E-state index in [4.69, 9.17) is 0 Å². The summed E-state index contributed by atoms with van der Waals surface area (Å²) >= 11 is 1.87. The van der Waals surface area contributed by atoms with Crippen LogP contribution in [0.2, 0.25) is 0 Å². The Morgan fingerprint density at radius 2 is 2.33 bits per heavy atom. The zero-order valence-corrected chi connectivity index (χ0v) is 12.7. The van der Waals surface area contributed by atoms with Crippen LogP contribution >= 0.6 is 11.3 Å². The van der Waals surface area contributed by atoms with Crippen molar-refractivity contribution >= 4 is 11.3 Å². The third kappa shape index (κ3) is 3.81. The molecule has 1 aromatic rings. The molecule has 1 aliphatic rings. The number of likely N-dealkylation sites (tertiary alicyclic amines) is 1. The van der Waals surface area contributed by atoms with Crippen molar-refractivity contribution in [2.24, 2.45) is 11.8 Å². The Morgan fingerprint density at radius 3 is 2.94 bits per heavy atom. The van der Waals surface area contributed by atoms with E-state index in [1.54, 1.807) is 0 Å². The van der Waals surface area contributed by atoms with Crippen molar-refractivity contribution in [1.29, 1.82) is 0 Å². The standard InChI is InChI=1S/C15H26N2S/c1-12(2)15(14-7-5-9-18-14)16-10-13-6-4-8-17(3)11-13/h5,7,9,12-13,15-16H,4,6,8,10-11H2,1-3H3. The maximum Gasteiger partial charge on any atom is 0.0438 e. The molecule has 18 heavy (non-hydrogen) atoms. The Kier molecular flexibility index (Phi) is 5.22. The van der Waals surface area contributed by atoms with Crippen molar-refractivity contribution in [1.82, 2.24) is 10.2 Å². The fraction of sp³-hybridized carbons (Fsp3) is 0.733. The van der Waals surface area contributed by atoms with Crippen LogP contribution in [0.5, 0.6) is 0 Å². The lowest BCUT2D eigenvalue weighted by molar-refractivity contribution is 0.199. The second-order valence-corrected chi connectivity index (χ2v) is 6.90. The Labute approximate surface area is 115 Å². The van der Waals surface area contributed by atoms with Gasteiger partial charge in [0.25, 0.3) is 0 Å². The van der Waals surface area contributed by atoms with Gasteiger partial charge in [-0.05, 0) is 56.3 Å². The SMILES string of the molecule is CC(C)C(NCC1CCCN(C)C1)c1cccs1. The highest BCUT2D eigenvalue weighted by molar-refractivity contribution is 7.10. The molecule has 0 saturated carbocycles. The lowest BCUT2D eigenvalue weighted by atomic mass is 9.96. The maximum atomic E-state index is 3.80. The number of nitrogens with zero attached hydrogens (tertiary/aromatic N) is 1. The molecule has 0 aromatic carbocycles. The Morgan fingerprint density at radius 1 is 1.50 bits per heavy atom. The third-order valence-electron chi connectivity index (χ3n) is 3.86. The summed E-state index contributed by atoms with van der Waals surface area (Å²) < 4.78 is 0. The van der Waals surface area contributed by atoms with Crippen LogP contribution in [0.25, 0.3) is 0 Å². The summed E-state index contributed by atoms with van der Waals surface area (Å²) in [6.07, 6.45) is 2.74. The number of piperidine rings is 1. The van der Waals surface area contributed by atoms with Crippen molar-refractivity contribution in [2.75, 3.05) is 26.7 Å². The average molecular weight is 266 g/mol. The number of hydrogen-bond acceptors (Lipinski definition) is 3. The van der Waals surface area contributed by atoms with Crippen LogP contribution in [0.1, 0.15) is 37.6 Å². The second-order valence-electron chi connectivity index (χ2n) is 5.92. The first kappa shape index (κ1) is 14.0. The number of rotatable bonds is 5. The molecule has 0 aliphatic carbocycles. The minimum atomic E-state index is 0.525. The fourth-order valence-corrected chi connectivity index (χ4v) is 3.84. The quantitative estimate of drug-likeness (QED) is 0.879. The van der Waals surface area contributed by atoms with Crippen LogP contribution in [0.3, 0.4) is 0 Å². The van der Waals surface area contributed by atoms with Crippen molar-refractivity contribution in [3.63, 3.8) is 0 Å². The predicted octanol–water partition coefficient (Wildman–Crippen LogP) is 3.38. The van der Waals surface area contributed by atoms with Gasteiger partial charge in [-0.25, -0.2) is 0 Å². The average Bonchev–Trinajstić information content (AvgIpc) is 2.82. The summed E-state index contributed by atoms with van der Waals surface area (Å²) in [5.41, 5.74) is 0. The molecule has 3 heteroatoms. The smallest absolute Gasteiger partial charge is 0.0438 e. The van der Waals surface area contributed by atoms with Gasteiger partial charge in [0.2, 0.25) is 0 Å². The number of nitrogens with one attached hydrogen (secondary N) is 1. The van der Waals surface area contributed by atoms with E-state index in [0.29, 0.717) is 12.0 Å². The molecule has 102 valence electrons. The molecule has 0 spiro atoms. The molecule has 2 heterocycles. The van der Waals surface area contributed by atoms with Gasteiger partial charge in [0.1, 0.15) is 0 Å². The van der Waals surface area contributed by atoms with E-state index in [9.17, 15) is 0 Å². The zero-order chi connectivity index (χ0) is 13.0. The molecule has 1 aliphatic heterocycles. The van der Waals surface area contributed by atoms with E-state index < -0.39 is 0 Å². The Hall–Kier alpha value is -0.380. The predicted molar refractivity (Wildman–Crippen MR) is 80.1 cm³/mol. The number of thiophene rings is 1. The third-order valence-corrected chi connectivity index (χ3v) is 4.82. The lowest BCUT2D eigenvalue weighted by Crippen LogP contribution is -2.39. The van der Waals surface area contributed by atoms with Gasteiger partial charge in [0.15, 0.2) is 0 Å². The van der Waals surface area contributed by atoms with Crippen molar-refractivity contribution in [3.05, 3.63) is 22.4 Å².